The number of benzene rings is 1. The third-order valence-corrected chi connectivity index (χ3v) is 3.12. The maximum absolute atomic E-state index is 12.3. The Morgan fingerprint density at radius 2 is 2.00 bits per heavy atom. The molecule has 1 aromatic carbocycles. The largest absolute Gasteiger partial charge is 0.573 e. The van der Waals surface area contributed by atoms with Crippen LogP contribution in [-0.2, 0) is 9.47 Å². The monoisotopic (exact) mass is 333 g/mol. The summed E-state index contributed by atoms with van der Waals surface area (Å²) in [5, 5.41) is 2.59. The summed E-state index contributed by atoms with van der Waals surface area (Å²) in [7, 11) is 0. The number of anilines is 1. The highest BCUT2D eigenvalue weighted by atomic mass is 19.4. The number of nitrogens with zero attached hydrogens (tertiary/aromatic N) is 1. The number of nitrogens with two attached hydrogens (primary N) is 1. The van der Waals surface area contributed by atoms with Gasteiger partial charge in [0.2, 0.25) is 0 Å². The molecule has 0 radical (unpaired) electrons. The maximum atomic E-state index is 12.3. The average Bonchev–Trinajstić information content (AvgIpc) is 2.86. The molecule has 0 amide bonds. The van der Waals surface area contributed by atoms with E-state index in [2.05, 4.69) is 15.0 Å². The van der Waals surface area contributed by atoms with E-state index in [-0.39, 0.29) is 17.4 Å². The van der Waals surface area contributed by atoms with Crippen molar-refractivity contribution in [3.05, 3.63) is 24.3 Å². The van der Waals surface area contributed by atoms with Gasteiger partial charge in [0.15, 0.2) is 17.5 Å². The Hall–Kier alpha value is -2.00. The van der Waals surface area contributed by atoms with Crippen molar-refractivity contribution in [3.8, 4) is 5.75 Å². The zero-order valence-corrected chi connectivity index (χ0v) is 12.5. The van der Waals surface area contributed by atoms with Crippen LogP contribution < -0.4 is 15.8 Å². The van der Waals surface area contributed by atoms with Crippen LogP contribution in [0.1, 0.15) is 13.3 Å². The molecule has 1 saturated heterocycles. The summed E-state index contributed by atoms with van der Waals surface area (Å²) in [5.74, 6) is -1.10. The van der Waals surface area contributed by atoms with Gasteiger partial charge in [-0.25, -0.2) is 0 Å². The molecule has 23 heavy (non-hydrogen) atoms. The van der Waals surface area contributed by atoms with E-state index in [0.29, 0.717) is 26.2 Å². The lowest BCUT2D eigenvalue weighted by molar-refractivity contribution is -0.274. The Morgan fingerprint density at radius 3 is 2.65 bits per heavy atom. The highest BCUT2D eigenvalue weighted by molar-refractivity contribution is 5.93. The van der Waals surface area contributed by atoms with E-state index in [1.807, 2.05) is 0 Å². The molecule has 0 spiro atoms. The number of hydrogen-bond donors (Lipinski definition) is 2. The summed E-state index contributed by atoms with van der Waals surface area (Å²) in [6, 6.07) is 5.58. The van der Waals surface area contributed by atoms with Crippen molar-refractivity contribution in [3.63, 3.8) is 0 Å². The normalized spacial score (nSPS) is 18.0. The summed E-state index contributed by atoms with van der Waals surface area (Å²) in [6.07, 6.45) is -4.30. The predicted octanol–water partition coefficient (Wildman–Crippen LogP) is 2.46. The smallest absolute Gasteiger partial charge is 0.404 e. The van der Waals surface area contributed by atoms with Crippen molar-refractivity contribution in [1.29, 1.82) is 0 Å². The second-order valence-corrected chi connectivity index (χ2v) is 5.02. The SMILES string of the molecule is CC1(CCN=C(N)Nc2ccccc2OC(F)(F)F)OCCO1. The van der Waals surface area contributed by atoms with Crippen molar-refractivity contribution in [2.45, 2.75) is 25.5 Å². The Labute approximate surface area is 131 Å². The second kappa shape index (κ2) is 7.05. The van der Waals surface area contributed by atoms with E-state index in [1.165, 1.54) is 18.2 Å². The van der Waals surface area contributed by atoms with Crippen molar-refractivity contribution < 1.29 is 27.4 Å². The Bertz CT molecular complexity index is 558. The van der Waals surface area contributed by atoms with Crippen LogP contribution in [0.3, 0.4) is 0 Å². The fraction of sp³-hybridized carbons (Fsp3) is 0.500. The van der Waals surface area contributed by atoms with Gasteiger partial charge < -0.3 is 25.3 Å². The van der Waals surface area contributed by atoms with Crippen LogP contribution in [-0.4, -0.2) is 37.9 Å². The van der Waals surface area contributed by atoms with Crippen LogP contribution in [0, 0.1) is 0 Å². The molecule has 0 aliphatic carbocycles. The summed E-state index contributed by atoms with van der Waals surface area (Å²) in [4.78, 5) is 4.05. The lowest BCUT2D eigenvalue weighted by Gasteiger charge is -2.21. The first kappa shape index (κ1) is 17.4. The number of aliphatic imine (C=N–C) groups is 1. The number of ether oxygens (including phenoxy) is 3. The van der Waals surface area contributed by atoms with Crippen molar-refractivity contribution in [2.24, 2.45) is 10.7 Å². The van der Waals surface area contributed by atoms with Gasteiger partial charge in [0.25, 0.3) is 0 Å². The van der Waals surface area contributed by atoms with Crippen LogP contribution in [0.2, 0.25) is 0 Å². The molecule has 3 N–H and O–H groups in total. The topological polar surface area (TPSA) is 78.1 Å². The summed E-state index contributed by atoms with van der Waals surface area (Å²) in [6.45, 7) is 3.15. The first-order valence-corrected chi connectivity index (χ1v) is 6.97. The fourth-order valence-corrected chi connectivity index (χ4v) is 2.04. The maximum Gasteiger partial charge on any atom is 0.573 e. The van der Waals surface area contributed by atoms with Gasteiger partial charge in [-0.1, -0.05) is 12.1 Å². The van der Waals surface area contributed by atoms with Crippen LogP contribution >= 0.6 is 0 Å². The molecule has 0 unspecified atom stereocenters. The minimum absolute atomic E-state index is 0.0233. The molecule has 1 fully saturated rings. The van der Waals surface area contributed by atoms with E-state index >= 15 is 0 Å². The summed E-state index contributed by atoms with van der Waals surface area (Å²) >= 11 is 0. The third kappa shape index (κ3) is 5.61. The number of nitrogens with one attached hydrogen (secondary N) is 1. The summed E-state index contributed by atoms with van der Waals surface area (Å²) < 4.78 is 51.8. The minimum Gasteiger partial charge on any atom is -0.404 e. The molecule has 0 aromatic heterocycles. The third-order valence-electron chi connectivity index (χ3n) is 3.12. The number of guanidine groups is 1. The molecule has 1 heterocycles. The van der Waals surface area contributed by atoms with E-state index < -0.39 is 12.1 Å². The molecule has 1 aliphatic rings. The highest BCUT2D eigenvalue weighted by Gasteiger charge is 2.32. The zero-order chi connectivity index (χ0) is 16.9. The second-order valence-electron chi connectivity index (χ2n) is 5.02. The molecular formula is C14H18F3N3O3. The molecule has 0 bridgehead atoms. The van der Waals surface area contributed by atoms with Crippen LogP contribution in [0.15, 0.2) is 29.3 Å². The standard InChI is InChI=1S/C14H18F3N3O3/c1-13(21-8-9-22-13)6-7-19-12(18)20-10-4-2-3-5-11(10)23-14(15,16)17/h2-5H,6-9H2,1H3,(H3,18,19,20). The van der Waals surface area contributed by atoms with E-state index in [9.17, 15) is 13.2 Å². The van der Waals surface area contributed by atoms with Crippen LogP contribution in [0.4, 0.5) is 18.9 Å². The molecule has 1 aromatic rings. The van der Waals surface area contributed by atoms with Gasteiger partial charge in [-0.05, 0) is 19.1 Å². The lowest BCUT2D eigenvalue weighted by Crippen LogP contribution is -2.28. The number of para-hydroxylation sites is 2. The first-order valence-electron chi connectivity index (χ1n) is 6.97. The zero-order valence-electron chi connectivity index (χ0n) is 12.5. The molecular weight excluding hydrogens is 315 g/mol. The number of rotatable bonds is 5. The summed E-state index contributed by atoms with van der Waals surface area (Å²) in [5.41, 5.74) is 5.76. The molecule has 1 aliphatic heterocycles. The van der Waals surface area contributed by atoms with Gasteiger partial charge in [-0.3, -0.25) is 4.99 Å². The molecule has 9 heteroatoms. The van der Waals surface area contributed by atoms with Gasteiger partial charge in [0.1, 0.15) is 0 Å². The molecule has 128 valence electrons. The molecule has 6 nitrogen and oxygen atoms in total. The molecule has 0 saturated carbocycles. The fourth-order valence-electron chi connectivity index (χ4n) is 2.04. The Kier molecular flexibility index (Phi) is 5.32. The van der Waals surface area contributed by atoms with Gasteiger partial charge in [-0.15, -0.1) is 13.2 Å². The minimum atomic E-state index is -4.78. The number of alkyl halides is 3. The molecule has 0 atom stereocenters. The van der Waals surface area contributed by atoms with Gasteiger partial charge in [0, 0.05) is 13.0 Å². The van der Waals surface area contributed by atoms with E-state index in [4.69, 9.17) is 15.2 Å². The average molecular weight is 333 g/mol. The van der Waals surface area contributed by atoms with E-state index in [0.717, 1.165) is 0 Å². The highest BCUT2D eigenvalue weighted by Crippen LogP contribution is 2.29. The van der Waals surface area contributed by atoms with Crippen LogP contribution in [0.5, 0.6) is 5.75 Å². The first-order chi connectivity index (χ1) is 10.8. The van der Waals surface area contributed by atoms with E-state index in [1.54, 1.807) is 13.0 Å². The lowest BCUT2D eigenvalue weighted by atomic mass is 10.2. The number of halogens is 3. The number of hydrogen-bond acceptors (Lipinski definition) is 4. The van der Waals surface area contributed by atoms with Crippen molar-refractivity contribution >= 4 is 11.6 Å². The van der Waals surface area contributed by atoms with Crippen LogP contribution in [0.25, 0.3) is 0 Å². The van der Waals surface area contributed by atoms with Crippen molar-refractivity contribution in [2.75, 3.05) is 25.1 Å². The van der Waals surface area contributed by atoms with Gasteiger partial charge in [0.05, 0.1) is 18.9 Å². The Morgan fingerprint density at radius 1 is 1.35 bits per heavy atom. The predicted molar refractivity (Wildman–Crippen MR) is 78.2 cm³/mol. The molecule has 2 rings (SSSR count). The quantitative estimate of drug-likeness (QED) is 0.639. The van der Waals surface area contributed by atoms with Gasteiger partial charge in [-0.2, -0.15) is 0 Å². The van der Waals surface area contributed by atoms with Crippen molar-refractivity contribution in [1.82, 2.24) is 0 Å². The van der Waals surface area contributed by atoms with Gasteiger partial charge >= 0.3 is 6.36 Å². The Balaban J connectivity index is 1.94.